The van der Waals surface area contributed by atoms with Gasteiger partial charge in [-0.15, -0.1) is 0 Å². The molecule has 20 heavy (non-hydrogen) atoms. The summed E-state index contributed by atoms with van der Waals surface area (Å²) in [6, 6.07) is 3.42. The Morgan fingerprint density at radius 3 is 2.90 bits per heavy atom. The average molecular weight is 271 g/mol. The van der Waals surface area contributed by atoms with Crippen molar-refractivity contribution in [3.05, 3.63) is 46.4 Å². The number of nitrogens with zero attached hydrogens (tertiary/aromatic N) is 4. The molecule has 1 saturated heterocycles. The van der Waals surface area contributed by atoms with Gasteiger partial charge in [-0.2, -0.15) is 0 Å². The number of aromatic amines is 1. The quantitative estimate of drug-likeness (QED) is 0.889. The maximum absolute atomic E-state index is 11.6. The first kappa shape index (κ1) is 12.8. The molecule has 0 spiro atoms. The molecule has 0 radical (unpaired) electrons. The van der Waals surface area contributed by atoms with Crippen LogP contribution in [0.15, 0.2) is 29.3 Å². The largest absolute Gasteiger partial charge is 0.340 e. The molecule has 0 bridgehead atoms. The minimum Gasteiger partial charge on any atom is -0.340 e. The first-order valence-electron chi connectivity index (χ1n) is 6.82. The molecule has 0 unspecified atom stereocenters. The SMILES string of the molecule is Cc1nc([C@@H]2CCCN(c3ncccn3)C2)cc(=O)[nH]1. The van der Waals surface area contributed by atoms with Gasteiger partial charge in [-0.1, -0.05) is 0 Å². The van der Waals surface area contributed by atoms with Crippen molar-refractivity contribution < 1.29 is 0 Å². The fraction of sp³-hybridized carbons (Fsp3) is 0.429. The van der Waals surface area contributed by atoms with Crippen molar-refractivity contribution in [2.24, 2.45) is 0 Å². The maximum Gasteiger partial charge on any atom is 0.251 e. The number of hydrogen-bond acceptors (Lipinski definition) is 5. The number of hydrogen-bond donors (Lipinski definition) is 1. The summed E-state index contributed by atoms with van der Waals surface area (Å²) in [5.74, 6) is 1.67. The topological polar surface area (TPSA) is 74.8 Å². The molecule has 1 N–H and O–H groups in total. The summed E-state index contributed by atoms with van der Waals surface area (Å²) in [5, 5.41) is 0. The summed E-state index contributed by atoms with van der Waals surface area (Å²) < 4.78 is 0. The van der Waals surface area contributed by atoms with Crippen LogP contribution in [0.4, 0.5) is 5.95 Å². The van der Waals surface area contributed by atoms with Gasteiger partial charge in [0.25, 0.3) is 5.56 Å². The number of aryl methyl sites for hydroxylation is 1. The number of aromatic nitrogens is 4. The number of anilines is 1. The van der Waals surface area contributed by atoms with E-state index in [9.17, 15) is 4.79 Å². The zero-order valence-electron chi connectivity index (χ0n) is 11.4. The van der Waals surface area contributed by atoms with E-state index in [0.29, 0.717) is 5.82 Å². The van der Waals surface area contributed by atoms with Gasteiger partial charge in [-0.25, -0.2) is 15.0 Å². The molecule has 3 rings (SSSR count). The van der Waals surface area contributed by atoms with Crippen LogP contribution in [0.5, 0.6) is 0 Å². The van der Waals surface area contributed by atoms with E-state index in [2.05, 4.69) is 24.8 Å². The molecule has 1 aliphatic rings. The van der Waals surface area contributed by atoms with E-state index in [1.165, 1.54) is 0 Å². The monoisotopic (exact) mass is 271 g/mol. The number of nitrogens with one attached hydrogen (secondary N) is 1. The van der Waals surface area contributed by atoms with Crippen LogP contribution in [0.1, 0.15) is 30.3 Å². The minimum atomic E-state index is -0.0828. The summed E-state index contributed by atoms with van der Waals surface area (Å²) in [5.41, 5.74) is 0.785. The van der Waals surface area contributed by atoms with Crippen LogP contribution in [0.25, 0.3) is 0 Å². The van der Waals surface area contributed by atoms with Gasteiger partial charge in [-0.05, 0) is 25.8 Å². The van der Waals surface area contributed by atoms with Crippen molar-refractivity contribution in [1.29, 1.82) is 0 Å². The molecule has 3 heterocycles. The van der Waals surface area contributed by atoms with Crippen LogP contribution in [0, 0.1) is 6.92 Å². The normalized spacial score (nSPS) is 19.1. The van der Waals surface area contributed by atoms with Gasteiger partial charge in [0.15, 0.2) is 0 Å². The summed E-state index contributed by atoms with van der Waals surface area (Å²) in [6.45, 7) is 3.56. The third kappa shape index (κ3) is 2.68. The zero-order valence-corrected chi connectivity index (χ0v) is 11.4. The Hall–Kier alpha value is -2.24. The van der Waals surface area contributed by atoms with Gasteiger partial charge in [0.1, 0.15) is 5.82 Å². The fourth-order valence-corrected chi connectivity index (χ4v) is 2.67. The van der Waals surface area contributed by atoms with Crippen molar-refractivity contribution in [1.82, 2.24) is 19.9 Å². The van der Waals surface area contributed by atoms with E-state index < -0.39 is 0 Å². The van der Waals surface area contributed by atoms with Crippen molar-refractivity contribution in [2.75, 3.05) is 18.0 Å². The highest BCUT2D eigenvalue weighted by Gasteiger charge is 2.24. The molecule has 6 heteroatoms. The van der Waals surface area contributed by atoms with E-state index >= 15 is 0 Å². The highest BCUT2D eigenvalue weighted by molar-refractivity contribution is 5.31. The molecule has 1 aliphatic heterocycles. The molecule has 0 saturated carbocycles. The number of piperidine rings is 1. The van der Waals surface area contributed by atoms with Crippen LogP contribution in [-0.2, 0) is 0 Å². The maximum atomic E-state index is 11.6. The van der Waals surface area contributed by atoms with Crippen LogP contribution in [0.3, 0.4) is 0 Å². The van der Waals surface area contributed by atoms with Gasteiger partial charge in [0.2, 0.25) is 5.95 Å². The third-order valence-corrected chi connectivity index (χ3v) is 3.55. The highest BCUT2D eigenvalue weighted by atomic mass is 16.1. The zero-order chi connectivity index (χ0) is 13.9. The van der Waals surface area contributed by atoms with Crippen molar-refractivity contribution in [2.45, 2.75) is 25.7 Å². The Labute approximate surface area is 116 Å². The van der Waals surface area contributed by atoms with E-state index in [0.717, 1.165) is 37.6 Å². The van der Waals surface area contributed by atoms with Gasteiger partial charge >= 0.3 is 0 Å². The standard InChI is InChI=1S/C14H17N5O/c1-10-17-12(8-13(20)18-10)11-4-2-7-19(9-11)14-15-5-3-6-16-14/h3,5-6,8,11H,2,4,7,9H2,1H3,(H,17,18,20)/t11-/m1/s1. The molecule has 2 aromatic rings. The van der Waals surface area contributed by atoms with E-state index in [1.807, 2.05) is 13.0 Å². The Bertz CT molecular complexity index is 640. The Morgan fingerprint density at radius 2 is 2.15 bits per heavy atom. The second kappa shape index (κ2) is 5.40. The van der Waals surface area contributed by atoms with E-state index in [1.54, 1.807) is 18.5 Å². The molecule has 0 amide bonds. The summed E-state index contributed by atoms with van der Waals surface area (Å²) in [6.07, 6.45) is 5.60. The van der Waals surface area contributed by atoms with Crippen molar-refractivity contribution in [3.63, 3.8) is 0 Å². The van der Waals surface area contributed by atoms with Gasteiger partial charge in [-0.3, -0.25) is 4.79 Å². The molecule has 2 aromatic heterocycles. The lowest BCUT2D eigenvalue weighted by atomic mass is 9.94. The number of H-pyrrole nitrogens is 1. The van der Waals surface area contributed by atoms with Crippen molar-refractivity contribution in [3.8, 4) is 0 Å². The first-order chi connectivity index (χ1) is 9.72. The molecule has 0 aliphatic carbocycles. The molecule has 0 aromatic carbocycles. The summed E-state index contributed by atoms with van der Waals surface area (Å²) in [4.78, 5) is 29.5. The smallest absolute Gasteiger partial charge is 0.251 e. The predicted octanol–water partition coefficient (Wildman–Crippen LogP) is 1.25. The third-order valence-electron chi connectivity index (χ3n) is 3.55. The van der Waals surface area contributed by atoms with Gasteiger partial charge < -0.3 is 9.88 Å². The Morgan fingerprint density at radius 1 is 1.35 bits per heavy atom. The molecular formula is C14H17N5O. The summed E-state index contributed by atoms with van der Waals surface area (Å²) >= 11 is 0. The lowest BCUT2D eigenvalue weighted by Gasteiger charge is -2.32. The number of rotatable bonds is 2. The molecule has 1 fully saturated rings. The molecule has 6 nitrogen and oxygen atoms in total. The molecular weight excluding hydrogens is 254 g/mol. The summed E-state index contributed by atoms with van der Waals surface area (Å²) in [7, 11) is 0. The second-order valence-corrected chi connectivity index (χ2v) is 5.09. The van der Waals surface area contributed by atoms with Gasteiger partial charge in [0, 0.05) is 37.5 Å². The molecule has 104 valence electrons. The van der Waals surface area contributed by atoms with Crippen LogP contribution < -0.4 is 10.5 Å². The van der Waals surface area contributed by atoms with Crippen LogP contribution in [-0.4, -0.2) is 33.0 Å². The van der Waals surface area contributed by atoms with Crippen LogP contribution >= 0.6 is 0 Å². The van der Waals surface area contributed by atoms with Crippen molar-refractivity contribution >= 4 is 5.95 Å². The second-order valence-electron chi connectivity index (χ2n) is 5.09. The molecule has 1 atom stereocenters. The Kier molecular flexibility index (Phi) is 3.45. The highest BCUT2D eigenvalue weighted by Crippen LogP contribution is 2.26. The Balaban J connectivity index is 1.83. The first-order valence-corrected chi connectivity index (χ1v) is 6.82. The minimum absolute atomic E-state index is 0.0828. The fourth-order valence-electron chi connectivity index (χ4n) is 2.67. The predicted molar refractivity (Wildman–Crippen MR) is 75.8 cm³/mol. The lowest BCUT2D eigenvalue weighted by molar-refractivity contribution is 0.493. The van der Waals surface area contributed by atoms with Crippen LogP contribution in [0.2, 0.25) is 0 Å². The average Bonchev–Trinajstić information content (AvgIpc) is 2.47. The van der Waals surface area contributed by atoms with E-state index in [-0.39, 0.29) is 11.5 Å². The lowest BCUT2D eigenvalue weighted by Crippen LogP contribution is -2.36. The van der Waals surface area contributed by atoms with Gasteiger partial charge in [0.05, 0.1) is 5.69 Å². The van der Waals surface area contributed by atoms with E-state index in [4.69, 9.17) is 0 Å².